The zero-order chi connectivity index (χ0) is 12.8. The molecular formula is C13H26N2O2. The average molecular weight is 242 g/mol. The Labute approximate surface area is 104 Å². The fraction of sp³-hybridized carbons (Fsp3) is 0.923. The first kappa shape index (κ1) is 14.5. The highest BCUT2D eigenvalue weighted by molar-refractivity contribution is 5.79. The Morgan fingerprint density at radius 3 is 2.76 bits per heavy atom. The van der Waals surface area contributed by atoms with E-state index < -0.39 is 0 Å². The van der Waals surface area contributed by atoms with Gasteiger partial charge < -0.3 is 15.3 Å². The molecule has 0 aromatic rings. The van der Waals surface area contributed by atoms with Crippen molar-refractivity contribution in [2.45, 2.75) is 39.2 Å². The molecule has 0 aliphatic carbocycles. The van der Waals surface area contributed by atoms with Gasteiger partial charge in [-0.15, -0.1) is 0 Å². The van der Waals surface area contributed by atoms with E-state index in [2.05, 4.69) is 31.1 Å². The van der Waals surface area contributed by atoms with E-state index in [1.807, 2.05) is 0 Å². The predicted molar refractivity (Wildman–Crippen MR) is 68.7 cm³/mol. The van der Waals surface area contributed by atoms with Crippen molar-refractivity contribution < 1.29 is 9.90 Å². The summed E-state index contributed by atoms with van der Waals surface area (Å²) in [6, 6.07) is 0.0970. The van der Waals surface area contributed by atoms with Crippen LogP contribution in [0.15, 0.2) is 0 Å². The normalized spacial score (nSPS) is 23.7. The zero-order valence-electron chi connectivity index (χ0n) is 11.3. The molecule has 1 aliphatic heterocycles. The number of rotatable bonds is 5. The maximum Gasteiger partial charge on any atom is 0.224 e. The molecule has 2 N–H and O–H groups in total. The van der Waals surface area contributed by atoms with Gasteiger partial charge in [-0.05, 0) is 38.8 Å². The average Bonchev–Trinajstić information content (AvgIpc) is 2.28. The third-order valence-electron chi connectivity index (χ3n) is 3.57. The van der Waals surface area contributed by atoms with E-state index in [1.54, 1.807) is 0 Å². The number of aliphatic hydroxyl groups is 1. The lowest BCUT2D eigenvalue weighted by Crippen LogP contribution is -2.46. The molecular weight excluding hydrogens is 216 g/mol. The Balaban J connectivity index is 2.45. The van der Waals surface area contributed by atoms with Gasteiger partial charge in [-0.3, -0.25) is 4.79 Å². The van der Waals surface area contributed by atoms with Crippen molar-refractivity contribution in [2.75, 3.05) is 26.7 Å². The van der Waals surface area contributed by atoms with E-state index in [9.17, 15) is 4.79 Å². The van der Waals surface area contributed by atoms with Crippen LogP contribution >= 0.6 is 0 Å². The molecule has 0 aromatic heterocycles. The summed E-state index contributed by atoms with van der Waals surface area (Å²) in [4.78, 5) is 14.3. The second kappa shape index (κ2) is 6.97. The Kier molecular flexibility index (Phi) is 5.92. The maximum absolute atomic E-state index is 12.1. The van der Waals surface area contributed by atoms with Crippen molar-refractivity contribution in [1.82, 2.24) is 10.2 Å². The minimum absolute atomic E-state index is 0.0970. The number of likely N-dealkylation sites (tertiary alicyclic amines) is 1. The van der Waals surface area contributed by atoms with Crippen LogP contribution in [-0.4, -0.2) is 48.7 Å². The molecule has 4 nitrogen and oxygen atoms in total. The molecule has 2 atom stereocenters. The van der Waals surface area contributed by atoms with E-state index >= 15 is 0 Å². The van der Waals surface area contributed by atoms with Crippen LogP contribution in [0.25, 0.3) is 0 Å². The molecule has 1 amide bonds. The van der Waals surface area contributed by atoms with Crippen LogP contribution in [0, 0.1) is 11.8 Å². The number of hydrogen-bond acceptors (Lipinski definition) is 3. The second-order valence-corrected chi connectivity index (χ2v) is 5.47. The van der Waals surface area contributed by atoms with Crippen LogP contribution in [0.4, 0.5) is 0 Å². The summed E-state index contributed by atoms with van der Waals surface area (Å²) in [6.07, 6.45) is 2.73. The second-order valence-electron chi connectivity index (χ2n) is 5.47. The molecule has 0 radical (unpaired) electrons. The molecule has 0 spiro atoms. The van der Waals surface area contributed by atoms with E-state index in [4.69, 9.17) is 5.11 Å². The highest BCUT2D eigenvalue weighted by Gasteiger charge is 2.26. The quantitative estimate of drug-likeness (QED) is 0.751. The SMILES string of the molecule is CC(C)C(CCO)NC(=O)C1CCCN(C)C1. The lowest BCUT2D eigenvalue weighted by molar-refractivity contribution is -0.127. The van der Waals surface area contributed by atoms with Crippen LogP contribution in [0.5, 0.6) is 0 Å². The molecule has 0 bridgehead atoms. The van der Waals surface area contributed by atoms with E-state index in [1.165, 1.54) is 0 Å². The van der Waals surface area contributed by atoms with Gasteiger partial charge in [0.2, 0.25) is 5.91 Å². The lowest BCUT2D eigenvalue weighted by Gasteiger charge is -2.31. The summed E-state index contributed by atoms with van der Waals surface area (Å²) in [5, 5.41) is 12.1. The van der Waals surface area contributed by atoms with Crippen molar-refractivity contribution in [2.24, 2.45) is 11.8 Å². The standard InChI is InChI=1S/C13H26N2O2/c1-10(2)12(6-8-16)14-13(17)11-5-4-7-15(3)9-11/h10-12,16H,4-9H2,1-3H3,(H,14,17). The van der Waals surface area contributed by atoms with Crippen molar-refractivity contribution in [1.29, 1.82) is 0 Å². The van der Waals surface area contributed by atoms with E-state index in [0.717, 1.165) is 25.9 Å². The Morgan fingerprint density at radius 1 is 1.53 bits per heavy atom. The Bertz CT molecular complexity index is 244. The van der Waals surface area contributed by atoms with Crippen LogP contribution in [0.1, 0.15) is 33.1 Å². The first-order chi connectivity index (χ1) is 8.04. The lowest BCUT2D eigenvalue weighted by atomic mass is 9.95. The molecule has 0 saturated carbocycles. The number of amides is 1. The Morgan fingerprint density at radius 2 is 2.24 bits per heavy atom. The van der Waals surface area contributed by atoms with Gasteiger partial charge in [0.05, 0.1) is 5.92 Å². The van der Waals surface area contributed by atoms with E-state index in [-0.39, 0.29) is 24.5 Å². The molecule has 1 rings (SSSR count). The number of nitrogens with one attached hydrogen (secondary N) is 1. The largest absolute Gasteiger partial charge is 0.396 e. The minimum Gasteiger partial charge on any atom is -0.396 e. The summed E-state index contributed by atoms with van der Waals surface area (Å²) < 4.78 is 0. The summed E-state index contributed by atoms with van der Waals surface area (Å²) in [5.74, 6) is 0.643. The predicted octanol–water partition coefficient (Wildman–Crippen LogP) is 0.851. The van der Waals surface area contributed by atoms with Gasteiger partial charge in [0.25, 0.3) is 0 Å². The third-order valence-corrected chi connectivity index (χ3v) is 3.57. The molecule has 4 heteroatoms. The van der Waals surface area contributed by atoms with Gasteiger partial charge in [-0.2, -0.15) is 0 Å². The van der Waals surface area contributed by atoms with Gasteiger partial charge in [0.15, 0.2) is 0 Å². The number of carbonyl (C=O) groups excluding carboxylic acids is 1. The molecule has 100 valence electrons. The molecule has 17 heavy (non-hydrogen) atoms. The summed E-state index contributed by atoms with van der Waals surface area (Å²) in [6.45, 7) is 6.23. The van der Waals surface area contributed by atoms with Gasteiger partial charge in [0, 0.05) is 19.2 Å². The third kappa shape index (κ3) is 4.64. The molecule has 1 saturated heterocycles. The zero-order valence-corrected chi connectivity index (χ0v) is 11.3. The van der Waals surface area contributed by atoms with Crippen LogP contribution in [-0.2, 0) is 4.79 Å². The fourth-order valence-corrected chi connectivity index (χ4v) is 2.39. The summed E-state index contributed by atoms with van der Waals surface area (Å²) in [7, 11) is 2.06. The number of carbonyl (C=O) groups is 1. The minimum atomic E-state index is 0.0970. The van der Waals surface area contributed by atoms with Gasteiger partial charge in [0.1, 0.15) is 0 Å². The smallest absolute Gasteiger partial charge is 0.224 e. The topological polar surface area (TPSA) is 52.6 Å². The van der Waals surface area contributed by atoms with Crippen LogP contribution in [0.3, 0.4) is 0 Å². The van der Waals surface area contributed by atoms with Crippen molar-refractivity contribution >= 4 is 5.91 Å². The van der Waals surface area contributed by atoms with Gasteiger partial charge >= 0.3 is 0 Å². The van der Waals surface area contributed by atoms with Crippen molar-refractivity contribution in [3.63, 3.8) is 0 Å². The first-order valence-electron chi connectivity index (χ1n) is 6.64. The van der Waals surface area contributed by atoms with Crippen molar-refractivity contribution in [3.05, 3.63) is 0 Å². The van der Waals surface area contributed by atoms with Gasteiger partial charge in [-0.1, -0.05) is 13.8 Å². The summed E-state index contributed by atoms with van der Waals surface area (Å²) in [5.41, 5.74) is 0. The first-order valence-corrected chi connectivity index (χ1v) is 6.64. The fourth-order valence-electron chi connectivity index (χ4n) is 2.39. The molecule has 0 aromatic carbocycles. The molecule has 1 heterocycles. The number of nitrogens with zero attached hydrogens (tertiary/aromatic N) is 1. The maximum atomic E-state index is 12.1. The van der Waals surface area contributed by atoms with Gasteiger partial charge in [-0.25, -0.2) is 0 Å². The van der Waals surface area contributed by atoms with Crippen molar-refractivity contribution in [3.8, 4) is 0 Å². The molecule has 2 unspecified atom stereocenters. The molecule has 1 fully saturated rings. The van der Waals surface area contributed by atoms with Crippen LogP contribution < -0.4 is 5.32 Å². The molecule has 1 aliphatic rings. The number of hydrogen-bond donors (Lipinski definition) is 2. The van der Waals surface area contributed by atoms with E-state index in [0.29, 0.717) is 12.3 Å². The monoisotopic (exact) mass is 242 g/mol. The number of aliphatic hydroxyl groups excluding tert-OH is 1. The van der Waals surface area contributed by atoms with Crippen LogP contribution in [0.2, 0.25) is 0 Å². The Hall–Kier alpha value is -0.610. The highest BCUT2D eigenvalue weighted by atomic mass is 16.3. The number of piperidine rings is 1. The summed E-state index contributed by atoms with van der Waals surface area (Å²) >= 11 is 0. The highest BCUT2D eigenvalue weighted by Crippen LogP contribution is 2.16.